The number of nitrogens with zero attached hydrogens (tertiary/aromatic N) is 1. The molecule has 0 aliphatic heterocycles. The minimum absolute atomic E-state index is 0.130. The zero-order valence-electron chi connectivity index (χ0n) is 6.63. The van der Waals surface area contributed by atoms with E-state index in [2.05, 4.69) is 4.98 Å². The molecule has 0 amide bonds. The van der Waals surface area contributed by atoms with Crippen molar-refractivity contribution in [2.45, 2.75) is 19.9 Å². The van der Waals surface area contributed by atoms with Gasteiger partial charge in [-0.25, -0.2) is 4.39 Å². The maximum absolute atomic E-state index is 12.7. The summed E-state index contributed by atoms with van der Waals surface area (Å²) in [4.78, 5) is 3.97. The smallest absolute Gasteiger partial charge is 0.144 e. The van der Waals surface area contributed by atoms with E-state index in [1.54, 1.807) is 13.0 Å². The quantitative estimate of drug-likeness (QED) is 0.666. The molecule has 2 nitrogen and oxygen atoms in total. The van der Waals surface area contributed by atoms with E-state index in [1.165, 1.54) is 6.07 Å². The summed E-state index contributed by atoms with van der Waals surface area (Å²) in [7, 11) is 0. The van der Waals surface area contributed by atoms with Gasteiger partial charge < -0.3 is 5.73 Å². The molecular formula is C8H11FN2. The fraction of sp³-hybridized carbons (Fsp3) is 0.375. The van der Waals surface area contributed by atoms with Gasteiger partial charge in [0.25, 0.3) is 0 Å². The molecule has 11 heavy (non-hydrogen) atoms. The van der Waals surface area contributed by atoms with Crippen LogP contribution in [0.3, 0.4) is 0 Å². The lowest BCUT2D eigenvalue weighted by molar-refractivity contribution is 0.603. The monoisotopic (exact) mass is 154 g/mol. The third-order valence-corrected chi connectivity index (χ3v) is 1.51. The van der Waals surface area contributed by atoms with Crippen molar-refractivity contribution in [3.05, 3.63) is 29.3 Å². The van der Waals surface area contributed by atoms with Crippen molar-refractivity contribution in [3.63, 3.8) is 0 Å². The molecule has 1 rings (SSSR count). The minimum Gasteiger partial charge on any atom is -0.323 e. The van der Waals surface area contributed by atoms with E-state index in [0.29, 0.717) is 5.69 Å². The maximum atomic E-state index is 12.7. The van der Waals surface area contributed by atoms with Crippen LogP contribution in [0.4, 0.5) is 4.39 Å². The highest BCUT2D eigenvalue weighted by Gasteiger charge is 2.03. The third kappa shape index (κ3) is 1.74. The highest BCUT2D eigenvalue weighted by atomic mass is 19.1. The summed E-state index contributed by atoms with van der Waals surface area (Å²) in [5.74, 6) is -0.283. The number of nitrogens with two attached hydrogens (primary N) is 1. The van der Waals surface area contributed by atoms with Crippen molar-refractivity contribution in [2.24, 2.45) is 5.73 Å². The molecule has 0 saturated heterocycles. The van der Waals surface area contributed by atoms with Crippen LogP contribution >= 0.6 is 0 Å². The van der Waals surface area contributed by atoms with Crippen LogP contribution in [-0.2, 0) is 0 Å². The van der Waals surface area contributed by atoms with Crippen LogP contribution in [0.15, 0.2) is 12.1 Å². The standard InChI is InChI=1S/C8H11FN2/c1-5(10)8-4-3-7(9)6(2)11-8/h3-5H,10H2,1-2H3. The Hall–Kier alpha value is -0.960. The van der Waals surface area contributed by atoms with Crippen molar-refractivity contribution in [3.8, 4) is 0 Å². The number of halogens is 1. The van der Waals surface area contributed by atoms with E-state index in [1.807, 2.05) is 6.92 Å². The Labute approximate surface area is 65.3 Å². The summed E-state index contributed by atoms with van der Waals surface area (Å²) < 4.78 is 12.7. The van der Waals surface area contributed by atoms with Gasteiger partial charge in [-0.2, -0.15) is 0 Å². The fourth-order valence-electron chi connectivity index (χ4n) is 0.817. The van der Waals surface area contributed by atoms with Crippen LogP contribution in [0.5, 0.6) is 0 Å². The predicted octanol–water partition coefficient (Wildman–Crippen LogP) is 1.55. The summed E-state index contributed by atoms with van der Waals surface area (Å²) in [6, 6.07) is 2.86. The Kier molecular flexibility index (Phi) is 2.19. The van der Waals surface area contributed by atoms with Gasteiger partial charge in [0, 0.05) is 6.04 Å². The van der Waals surface area contributed by atoms with Crippen molar-refractivity contribution in [2.75, 3.05) is 0 Å². The van der Waals surface area contributed by atoms with Crippen molar-refractivity contribution < 1.29 is 4.39 Å². The second-order valence-electron chi connectivity index (χ2n) is 2.59. The minimum atomic E-state index is -0.283. The van der Waals surface area contributed by atoms with Gasteiger partial charge in [-0.1, -0.05) is 0 Å². The zero-order valence-corrected chi connectivity index (χ0v) is 6.63. The first-order valence-corrected chi connectivity index (χ1v) is 3.50. The number of hydrogen-bond acceptors (Lipinski definition) is 2. The van der Waals surface area contributed by atoms with E-state index < -0.39 is 0 Å². The molecule has 0 aromatic carbocycles. The SMILES string of the molecule is Cc1nc(C(C)N)ccc1F. The Morgan fingerprint density at radius 1 is 1.55 bits per heavy atom. The van der Waals surface area contributed by atoms with Gasteiger partial charge in [0.2, 0.25) is 0 Å². The van der Waals surface area contributed by atoms with Gasteiger partial charge in [0.15, 0.2) is 0 Å². The van der Waals surface area contributed by atoms with E-state index in [-0.39, 0.29) is 11.9 Å². The molecule has 1 aromatic rings. The second kappa shape index (κ2) is 2.96. The second-order valence-corrected chi connectivity index (χ2v) is 2.59. The molecule has 0 fully saturated rings. The van der Waals surface area contributed by atoms with E-state index in [4.69, 9.17) is 5.73 Å². The molecule has 0 saturated carbocycles. The van der Waals surface area contributed by atoms with Gasteiger partial charge in [0.1, 0.15) is 5.82 Å². The predicted molar refractivity (Wildman–Crippen MR) is 41.5 cm³/mol. The Morgan fingerprint density at radius 3 is 2.64 bits per heavy atom. The van der Waals surface area contributed by atoms with E-state index >= 15 is 0 Å². The summed E-state index contributed by atoms with van der Waals surface area (Å²) in [6.07, 6.45) is 0. The zero-order chi connectivity index (χ0) is 8.43. The molecule has 0 aliphatic carbocycles. The first-order valence-electron chi connectivity index (χ1n) is 3.50. The van der Waals surface area contributed by atoms with E-state index in [0.717, 1.165) is 5.69 Å². The van der Waals surface area contributed by atoms with E-state index in [9.17, 15) is 4.39 Å². The number of aryl methyl sites for hydroxylation is 1. The molecule has 0 aliphatic rings. The number of hydrogen-bond donors (Lipinski definition) is 1. The number of aromatic nitrogens is 1. The number of rotatable bonds is 1. The highest BCUT2D eigenvalue weighted by molar-refractivity contribution is 5.14. The molecular weight excluding hydrogens is 143 g/mol. The lowest BCUT2D eigenvalue weighted by Crippen LogP contribution is -2.08. The third-order valence-electron chi connectivity index (χ3n) is 1.51. The van der Waals surface area contributed by atoms with Crippen LogP contribution in [0.2, 0.25) is 0 Å². The normalized spacial score (nSPS) is 13.1. The van der Waals surface area contributed by atoms with Crippen LogP contribution in [0.1, 0.15) is 24.4 Å². The van der Waals surface area contributed by atoms with Crippen LogP contribution < -0.4 is 5.73 Å². The lowest BCUT2D eigenvalue weighted by Gasteiger charge is -2.04. The van der Waals surface area contributed by atoms with Crippen molar-refractivity contribution >= 4 is 0 Å². The molecule has 1 unspecified atom stereocenters. The van der Waals surface area contributed by atoms with Crippen molar-refractivity contribution in [1.82, 2.24) is 4.98 Å². The summed E-state index contributed by atoms with van der Waals surface area (Å²) in [6.45, 7) is 3.45. The maximum Gasteiger partial charge on any atom is 0.144 e. The van der Waals surface area contributed by atoms with Gasteiger partial charge in [0.05, 0.1) is 11.4 Å². The molecule has 1 aromatic heterocycles. The summed E-state index contributed by atoms with van der Waals surface area (Å²) in [5.41, 5.74) is 6.68. The van der Waals surface area contributed by atoms with Crippen LogP contribution in [0.25, 0.3) is 0 Å². The number of pyridine rings is 1. The summed E-state index contributed by atoms with van der Waals surface area (Å²) in [5, 5.41) is 0. The fourth-order valence-corrected chi connectivity index (χ4v) is 0.817. The topological polar surface area (TPSA) is 38.9 Å². The van der Waals surface area contributed by atoms with Crippen LogP contribution in [-0.4, -0.2) is 4.98 Å². The van der Waals surface area contributed by atoms with Crippen LogP contribution in [0, 0.1) is 12.7 Å². The molecule has 0 spiro atoms. The van der Waals surface area contributed by atoms with Gasteiger partial charge in [-0.05, 0) is 26.0 Å². The Morgan fingerprint density at radius 2 is 2.18 bits per heavy atom. The lowest BCUT2D eigenvalue weighted by atomic mass is 10.2. The van der Waals surface area contributed by atoms with Gasteiger partial charge >= 0.3 is 0 Å². The molecule has 0 radical (unpaired) electrons. The molecule has 0 bridgehead atoms. The van der Waals surface area contributed by atoms with Gasteiger partial charge in [-0.3, -0.25) is 4.98 Å². The Balaban J connectivity index is 3.05. The molecule has 60 valence electrons. The Bertz CT molecular complexity index is 258. The van der Waals surface area contributed by atoms with Crippen molar-refractivity contribution in [1.29, 1.82) is 0 Å². The molecule has 3 heteroatoms. The molecule has 1 atom stereocenters. The first-order chi connectivity index (χ1) is 5.11. The highest BCUT2D eigenvalue weighted by Crippen LogP contribution is 2.09. The average molecular weight is 154 g/mol. The summed E-state index contributed by atoms with van der Waals surface area (Å²) >= 11 is 0. The average Bonchev–Trinajstić information content (AvgIpc) is 1.94. The largest absolute Gasteiger partial charge is 0.323 e. The molecule has 2 N–H and O–H groups in total. The first kappa shape index (κ1) is 8.14. The molecule has 1 heterocycles. The van der Waals surface area contributed by atoms with Gasteiger partial charge in [-0.15, -0.1) is 0 Å².